The van der Waals surface area contributed by atoms with Crippen LogP contribution in [0.15, 0.2) is 39.5 Å². The van der Waals surface area contributed by atoms with Gasteiger partial charge >= 0.3 is 0 Å². The van der Waals surface area contributed by atoms with Gasteiger partial charge in [0.05, 0.1) is 3.79 Å². The average molecular weight is 324 g/mol. The van der Waals surface area contributed by atoms with Gasteiger partial charge in [0.25, 0.3) is 0 Å². The number of halogens is 1. The molecule has 0 bridgehead atoms. The molecule has 1 N–H and O–H groups in total. The molecule has 0 aliphatic rings. The van der Waals surface area contributed by atoms with E-state index in [9.17, 15) is 0 Å². The highest BCUT2D eigenvalue weighted by Crippen LogP contribution is 2.22. The molecule has 18 heavy (non-hydrogen) atoms. The van der Waals surface area contributed by atoms with Crippen molar-refractivity contribution in [3.63, 3.8) is 0 Å². The molecule has 1 heterocycles. The molecule has 0 spiro atoms. The third-order valence-corrected chi connectivity index (χ3v) is 4.62. The number of hydrogen-bond acceptors (Lipinski definition) is 2. The van der Waals surface area contributed by atoms with Gasteiger partial charge in [0.15, 0.2) is 0 Å². The molecule has 0 fully saturated rings. The van der Waals surface area contributed by atoms with Crippen LogP contribution in [0.3, 0.4) is 0 Å². The van der Waals surface area contributed by atoms with Crippen molar-refractivity contribution >= 4 is 27.3 Å². The summed E-state index contributed by atoms with van der Waals surface area (Å²) < 4.78 is 1.20. The molecular formula is C15H18BrNS. The fourth-order valence-electron chi connectivity index (χ4n) is 1.98. The highest BCUT2D eigenvalue weighted by molar-refractivity contribution is 9.11. The quantitative estimate of drug-likeness (QED) is 0.810. The van der Waals surface area contributed by atoms with Crippen molar-refractivity contribution in [2.75, 3.05) is 0 Å². The molecule has 0 saturated carbocycles. The van der Waals surface area contributed by atoms with Crippen molar-refractivity contribution in [1.29, 1.82) is 0 Å². The lowest BCUT2D eigenvalue weighted by Gasteiger charge is -2.17. The predicted octanol–water partition coefficient (Wildman–Crippen LogP) is 5.06. The Morgan fingerprint density at radius 2 is 2.00 bits per heavy atom. The van der Waals surface area contributed by atoms with Crippen LogP contribution in [0.2, 0.25) is 0 Å². The van der Waals surface area contributed by atoms with E-state index in [-0.39, 0.29) is 0 Å². The minimum absolute atomic E-state index is 0.435. The molecular weight excluding hydrogens is 306 g/mol. The van der Waals surface area contributed by atoms with E-state index >= 15 is 0 Å². The van der Waals surface area contributed by atoms with Crippen LogP contribution in [0, 0.1) is 6.92 Å². The molecule has 2 aromatic rings. The Balaban J connectivity index is 1.99. The summed E-state index contributed by atoms with van der Waals surface area (Å²) in [7, 11) is 0. The Labute approximate surface area is 121 Å². The summed E-state index contributed by atoms with van der Waals surface area (Å²) in [6.45, 7) is 5.27. The van der Waals surface area contributed by atoms with Crippen molar-refractivity contribution in [2.24, 2.45) is 0 Å². The molecule has 0 aliphatic heterocycles. The Bertz CT molecular complexity index is 489. The van der Waals surface area contributed by atoms with Crippen LogP contribution in [-0.2, 0) is 6.54 Å². The number of rotatable bonds is 5. The second-order valence-corrected chi connectivity index (χ2v) is 6.80. The fourth-order valence-corrected chi connectivity index (χ4v) is 3.19. The van der Waals surface area contributed by atoms with Crippen LogP contribution in [0.25, 0.3) is 0 Å². The maximum absolute atomic E-state index is 3.62. The highest BCUT2D eigenvalue weighted by atomic mass is 79.9. The van der Waals surface area contributed by atoms with E-state index in [1.54, 1.807) is 11.3 Å². The molecule has 1 aromatic heterocycles. The number of hydrogen-bond donors (Lipinski definition) is 1. The van der Waals surface area contributed by atoms with E-state index in [0.29, 0.717) is 6.04 Å². The van der Waals surface area contributed by atoms with Gasteiger partial charge < -0.3 is 5.32 Å². The molecule has 1 unspecified atom stereocenters. The minimum Gasteiger partial charge on any atom is -0.306 e. The first-order valence-corrected chi connectivity index (χ1v) is 7.89. The van der Waals surface area contributed by atoms with Gasteiger partial charge in [0.2, 0.25) is 0 Å². The van der Waals surface area contributed by atoms with Gasteiger partial charge in [-0.3, -0.25) is 0 Å². The molecule has 0 aliphatic carbocycles. The molecule has 1 nitrogen and oxygen atoms in total. The normalized spacial score (nSPS) is 12.6. The number of nitrogens with one attached hydrogen (secondary N) is 1. The standard InChI is InChI=1S/C15H18BrNS/c1-3-14(13-6-4-11(2)5-7-13)17-9-12-8-15(16)18-10-12/h4-8,10,14,17H,3,9H2,1-2H3. The zero-order chi connectivity index (χ0) is 13.0. The van der Waals surface area contributed by atoms with Gasteiger partial charge in [0, 0.05) is 12.6 Å². The lowest BCUT2D eigenvalue weighted by atomic mass is 10.0. The van der Waals surface area contributed by atoms with E-state index in [1.165, 1.54) is 20.5 Å². The third kappa shape index (κ3) is 3.67. The summed E-state index contributed by atoms with van der Waals surface area (Å²) in [6.07, 6.45) is 1.11. The Kier molecular flexibility index (Phi) is 4.98. The maximum Gasteiger partial charge on any atom is 0.0701 e. The van der Waals surface area contributed by atoms with E-state index < -0.39 is 0 Å². The lowest BCUT2D eigenvalue weighted by molar-refractivity contribution is 0.519. The number of aryl methyl sites for hydroxylation is 1. The van der Waals surface area contributed by atoms with E-state index in [1.807, 2.05) is 0 Å². The predicted molar refractivity (Wildman–Crippen MR) is 83.1 cm³/mol. The van der Waals surface area contributed by atoms with E-state index in [4.69, 9.17) is 0 Å². The smallest absolute Gasteiger partial charge is 0.0701 e. The topological polar surface area (TPSA) is 12.0 Å². The van der Waals surface area contributed by atoms with Crippen molar-refractivity contribution in [2.45, 2.75) is 32.9 Å². The third-order valence-electron chi connectivity index (χ3n) is 3.06. The maximum atomic E-state index is 3.62. The molecule has 0 saturated heterocycles. The molecule has 96 valence electrons. The van der Waals surface area contributed by atoms with Gasteiger partial charge in [-0.05, 0) is 51.8 Å². The summed E-state index contributed by atoms with van der Waals surface area (Å²) in [4.78, 5) is 0. The van der Waals surface area contributed by atoms with Gasteiger partial charge in [-0.15, -0.1) is 11.3 Å². The molecule has 2 rings (SSSR count). The molecule has 0 radical (unpaired) electrons. The zero-order valence-electron chi connectivity index (χ0n) is 10.7. The SMILES string of the molecule is CCC(NCc1csc(Br)c1)c1ccc(C)cc1. The van der Waals surface area contributed by atoms with Crippen LogP contribution in [0.5, 0.6) is 0 Å². The lowest BCUT2D eigenvalue weighted by Crippen LogP contribution is -2.19. The van der Waals surface area contributed by atoms with Crippen LogP contribution in [0.1, 0.15) is 36.1 Å². The monoisotopic (exact) mass is 323 g/mol. The van der Waals surface area contributed by atoms with Crippen LogP contribution in [-0.4, -0.2) is 0 Å². The first-order chi connectivity index (χ1) is 8.69. The molecule has 1 aromatic carbocycles. The number of thiophene rings is 1. The summed E-state index contributed by atoms with van der Waals surface area (Å²) in [6, 6.07) is 11.4. The van der Waals surface area contributed by atoms with Gasteiger partial charge in [-0.1, -0.05) is 36.8 Å². The van der Waals surface area contributed by atoms with Crippen LogP contribution >= 0.6 is 27.3 Å². The van der Waals surface area contributed by atoms with E-state index in [0.717, 1.165) is 13.0 Å². The minimum atomic E-state index is 0.435. The van der Waals surface area contributed by atoms with Gasteiger partial charge in [-0.25, -0.2) is 0 Å². The Morgan fingerprint density at radius 1 is 1.28 bits per heavy atom. The Hall–Kier alpha value is -0.640. The molecule has 0 amide bonds. The van der Waals surface area contributed by atoms with Crippen molar-refractivity contribution in [1.82, 2.24) is 5.32 Å². The van der Waals surface area contributed by atoms with Crippen molar-refractivity contribution in [3.05, 3.63) is 56.2 Å². The summed E-state index contributed by atoms with van der Waals surface area (Å²) in [5.74, 6) is 0. The Morgan fingerprint density at radius 3 is 2.56 bits per heavy atom. The van der Waals surface area contributed by atoms with Crippen LogP contribution < -0.4 is 5.32 Å². The highest BCUT2D eigenvalue weighted by Gasteiger charge is 2.08. The van der Waals surface area contributed by atoms with Gasteiger partial charge in [-0.2, -0.15) is 0 Å². The fraction of sp³-hybridized carbons (Fsp3) is 0.333. The average Bonchev–Trinajstić information content (AvgIpc) is 2.78. The first kappa shape index (κ1) is 13.8. The molecule has 1 atom stereocenters. The summed E-state index contributed by atoms with van der Waals surface area (Å²) in [5, 5.41) is 5.81. The van der Waals surface area contributed by atoms with Crippen LogP contribution in [0.4, 0.5) is 0 Å². The second-order valence-electron chi connectivity index (χ2n) is 4.51. The number of benzene rings is 1. The first-order valence-electron chi connectivity index (χ1n) is 6.22. The summed E-state index contributed by atoms with van der Waals surface area (Å²) in [5.41, 5.74) is 4.03. The largest absolute Gasteiger partial charge is 0.306 e. The van der Waals surface area contributed by atoms with Crippen molar-refractivity contribution < 1.29 is 0 Å². The zero-order valence-corrected chi connectivity index (χ0v) is 13.1. The van der Waals surface area contributed by atoms with Crippen molar-refractivity contribution in [3.8, 4) is 0 Å². The van der Waals surface area contributed by atoms with E-state index in [2.05, 4.69) is 70.8 Å². The summed E-state index contributed by atoms with van der Waals surface area (Å²) >= 11 is 5.24. The molecule has 3 heteroatoms. The second kappa shape index (κ2) is 6.50. The van der Waals surface area contributed by atoms with Gasteiger partial charge in [0.1, 0.15) is 0 Å².